The van der Waals surface area contributed by atoms with Gasteiger partial charge in [0, 0.05) is 6.04 Å². The van der Waals surface area contributed by atoms with Crippen LogP contribution in [0.25, 0.3) is 0 Å². The van der Waals surface area contributed by atoms with Gasteiger partial charge in [0.2, 0.25) is 5.06 Å². The highest BCUT2D eigenvalue weighted by Crippen LogP contribution is 2.39. The van der Waals surface area contributed by atoms with E-state index in [4.69, 9.17) is 4.74 Å². The first-order valence-corrected chi connectivity index (χ1v) is 9.07. The molecule has 1 heterocycles. The Morgan fingerprint density at radius 3 is 2.71 bits per heavy atom. The first kappa shape index (κ1) is 19.0. The minimum absolute atomic E-state index is 0.0513. The topological polar surface area (TPSA) is 51.2 Å². The second kappa shape index (κ2) is 7.72. The summed E-state index contributed by atoms with van der Waals surface area (Å²) in [5.74, 6) is 0.786. The zero-order chi connectivity index (χ0) is 17.9. The van der Waals surface area contributed by atoms with Gasteiger partial charge >= 0.3 is 12.3 Å². The fraction of sp³-hybridized carbons (Fsp3) is 0.750. The lowest BCUT2D eigenvalue weighted by atomic mass is 9.76. The molecule has 0 aromatic carbocycles. The van der Waals surface area contributed by atoms with Gasteiger partial charge in [0.05, 0.1) is 5.01 Å². The van der Waals surface area contributed by atoms with Crippen molar-refractivity contribution in [2.75, 3.05) is 0 Å². The summed E-state index contributed by atoms with van der Waals surface area (Å²) >= 11 is 0.729. The molecule has 0 bridgehead atoms. The summed E-state index contributed by atoms with van der Waals surface area (Å²) in [7, 11) is 0. The molecule has 1 fully saturated rings. The van der Waals surface area contributed by atoms with Crippen LogP contribution in [0.5, 0.6) is 5.06 Å². The molecule has 1 amide bonds. The molecule has 1 aromatic heterocycles. The van der Waals surface area contributed by atoms with Crippen LogP contribution in [0.1, 0.15) is 56.7 Å². The molecule has 1 saturated carbocycles. The standard InChI is InChI=1S/C16H23F3N2O2S/c1-4-9(2)11-7-5-6-8-12(11)21-15(22)23-14-13(16(17,18)19)20-10(3)24-14/h9,11-12H,4-8H2,1-3H3,(H,21,22). The number of amides is 1. The van der Waals surface area contributed by atoms with E-state index in [1.54, 1.807) is 0 Å². The van der Waals surface area contributed by atoms with Gasteiger partial charge in [-0.15, -0.1) is 0 Å². The number of nitrogens with one attached hydrogen (secondary N) is 1. The second-order valence-corrected chi connectivity index (χ2v) is 7.51. The van der Waals surface area contributed by atoms with Crippen LogP contribution in [0.15, 0.2) is 0 Å². The summed E-state index contributed by atoms with van der Waals surface area (Å²) in [5.41, 5.74) is -1.14. The maximum Gasteiger partial charge on any atom is 0.438 e. The SMILES string of the molecule is CCC(C)C1CCCCC1NC(=O)Oc1sc(C)nc1C(F)(F)F. The number of ether oxygens (including phenoxy) is 1. The monoisotopic (exact) mass is 364 g/mol. The van der Waals surface area contributed by atoms with Gasteiger partial charge in [-0.2, -0.15) is 13.2 Å². The van der Waals surface area contributed by atoms with Crippen LogP contribution in [0, 0.1) is 18.8 Å². The highest BCUT2D eigenvalue weighted by molar-refractivity contribution is 7.13. The third-order valence-corrected chi connectivity index (χ3v) is 5.50. The molecule has 1 aromatic rings. The molecule has 3 atom stereocenters. The lowest BCUT2D eigenvalue weighted by molar-refractivity contribution is -0.141. The Balaban J connectivity index is 2.05. The Morgan fingerprint density at radius 2 is 2.08 bits per heavy atom. The van der Waals surface area contributed by atoms with E-state index in [0.717, 1.165) is 43.4 Å². The van der Waals surface area contributed by atoms with Crippen molar-refractivity contribution in [3.63, 3.8) is 0 Å². The van der Waals surface area contributed by atoms with Crippen molar-refractivity contribution in [2.45, 2.75) is 65.1 Å². The zero-order valence-electron chi connectivity index (χ0n) is 14.1. The van der Waals surface area contributed by atoms with Gasteiger partial charge in [0.15, 0.2) is 5.69 Å². The summed E-state index contributed by atoms with van der Waals surface area (Å²) in [5, 5.41) is 2.49. The fourth-order valence-corrected chi connectivity index (χ4v) is 4.02. The second-order valence-electron chi connectivity index (χ2n) is 6.34. The number of rotatable bonds is 4. The number of nitrogens with zero attached hydrogens (tertiary/aromatic N) is 1. The lowest BCUT2D eigenvalue weighted by Gasteiger charge is -2.35. The Hall–Kier alpha value is -1.31. The molecule has 0 spiro atoms. The van der Waals surface area contributed by atoms with Crippen LogP contribution in [-0.4, -0.2) is 17.1 Å². The maximum atomic E-state index is 12.9. The largest absolute Gasteiger partial charge is 0.438 e. The molecule has 136 valence electrons. The molecule has 24 heavy (non-hydrogen) atoms. The fourth-order valence-electron chi connectivity index (χ4n) is 3.24. The van der Waals surface area contributed by atoms with Crippen LogP contribution in [0.4, 0.5) is 18.0 Å². The normalized spacial score (nSPS) is 22.9. The van der Waals surface area contributed by atoms with Crippen LogP contribution >= 0.6 is 11.3 Å². The Kier molecular flexibility index (Phi) is 6.11. The average molecular weight is 364 g/mol. The molecular weight excluding hydrogens is 341 g/mol. The average Bonchev–Trinajstić information content (AvgIpc) is 2.87. The minimum atomic E-state index is -4.63. The van der Waals surface area contributed by atoms with E-state index in [0.29, 0.717) is 11.8 Å². The molecule has 4 nitrogen and oxygen atoms in total. The summed E-state index contributed by atoms with van der Waals surface area (Å²) in [6, 6.07) is -0.0513. The molecule has 8 heteroatoms. The third kappa shape index (κ3) is 4.62. The van der Waals surface area contributed by atoms with Crippen molar-refractivity contribution < 1.29 is 22.7 Å². The van der Waals surface area contributed by atoms with Gasteiger partial charge < -0.3 is 10.1 Å². The smallest absolute Gasteiger partial charge is 0.397 e. The first-order chi connectivity index (χ1) is 11.2. The van der Waals surface area contributed by atoms with Crippen molar-refractivity contribution >= 4 is 17.4 Å². The van der Waals surface area contributed by atoms with Crippen molar-refractivity contribution in [2.24, 2.45) is 11.8 Å². The quantitative estimate of drug-likeness (QED) is 0.802. The van der Waals surface area contributed by atoms with Crippen LogP contribution < -0.4 is 10.1 Å². The maximum absolute atomic E-state index is 12.9. The Labute approximate surface area is 143 Å². The predicted octanol–water partition coefficient (Wildman–Crippen LogP) is 5.16. The number of carbonyl (C=O) groups excluding carboxylic acids is 1. The van der Waals surface area contributed by atoms with Gasteiger partial charge in [-0.25, -0.2) is 9.78 Å². The van der Waals surface area contributed by atoms with Gasteiger partial charge in [0.1, 0.15) is 0 Å². The molecular formula is C16H23F3N2O2S. The summed E-state index contributed by atoms with van der Waals surface area (Å²) in [4.78, 5) is 15.5. The van der Waals surface area contributed by atoms with Crippen LogP contribution in [-0.2, 0) is 6.18 Å². The number of hydrogen-bond acceptors (Lipinski definition) is 4. The van der Waals surface area contributed by atoms with Crippen molar-refractivity contribution in [1.29, 1.82) is 0 Å². The van der Waals surface area contributed by atoms with Crippen molar-refractivity contribution in [3.8, 4) is 5.06 Å². The number of thiazole rings is 1. The molecule has 0 saturated heterocycles. The molecule has 3 unspecified atom stereocenters. The van der Waals surface area contributed by atoms with Gasteiger partial charge in [-0.3, -0.25) is 0 Å². The molecule has 1 aliphatic carbocycles. The molecule has 0 aliphatic heterocycles. The Morgan fingerprint density at radius 1 is 1.42 bits per heavy atom. The van der Waals surface area contributed by atoms with E-state index in [-0.39, 0.29) is 11.0 Å². The number of carbonyl (C=O) groups is 1. The third-order valence-electron chi connectivity index (χ3n) is 4.65. The van der Waals surface area contributed by atoms with Crippen molar-refractivity contribution in [1.82, 2.24) is 10.3 Å². The highest BCUT2D eigenvalue weighted by atomic mass is 32.1. The molecule has 0 radical (unpaired) electrons. The molecule has 2 rings (SSSR count). The number of hydrogen-bond donors (Lipinski definition) is 1. The first-order valence-electron chi connectivity index (χ1n) is 8.25. The van der Waals surface area contributed by atoms with Crippen molar-refractivity contribution in [3.05, 3.63) is 10.7 Å². The number of aryl methyl sites for hydroxylation is 1. The van der Waals surface area contributed by atoms with E-state index in [1.807, 2.05) is 0 Å². The molecule has 1 aliphatic rings. The van der Waals surface area contributed by atoms with Crippen LogP contribution in [0.2, 0.25) is 0 Å². The van der Waals surface area contributed by atoms with Gasteiger partial charge in [-0.05, 0) is 31.6 Å². The number of alkyl halides is 3. The predicted molar refractivity (Wildman–Crippen MR) is 86.2 cm³/mol. The number of aromatic nitrogens is 1. The van der Waals surface area contributed by atoms with E-state index < -0.39 is 23.0 Å². The van der Waals surface area contributed by atoms with E-state index in [1.165, 1.54) is 6.92 Å². The molecule has 1 N–H and O–H groups in total. The van der Waals surface area contributed by atoms with E-state index in [2.05, 4.69) is 24.1 Å². The minimum Gasteiger partial charge on any atom is -0.397 e. The Bertz CT molecular complexity index is 574. The van der Waals surface area contributed by atoms with Gasteiger partial charge in [0.25, 0.3) is 0 Å². The van der Waals surface area contributed by atoms with E-state index in [9.17, 15) is 18.0 Å². The van der Waals surface area contributed by atoms with Crippen LogP contribution in [0.3, 0.4) is 0 Å². The summed E-state index contributed by atoms with van der Waals surface area (Å²) < 4.78 is 43.7. The number of halogens is 3. The highest BCUT2D eigenvalue weighted by Gasteiger charge is 2.39. The van der Waals surface area contributed by atoms with Gasteiger partial charge in [-0.1, -0.05) is 44.4 Å². The zero-order valence-corrected chi connectivity index (χ0v) is 14.9. The van der Waals surface area contributed by atoms with E-state index >= 15 is 0 Å². The lowest BCUT2D eigenvalue weighted by Crippen LogP contribution is -2.45. The summed E-state index contributed by atoms with van der Waals surface area (Å²) in [6.45, 7) is 5.69. The summed E-state index contributed by atoms with van der Waals surface area (Å²) in [6.07, 6.45) is -0.482.